The fraction of sp³-hybridized carbons (Fsp3) is 0.625. The lowest BCUT2D eigenvalue weighted by Gasteiger charge is -2.25. The molecule has 0 fully saturated rings. The summed E-state index contributed by atoms with van der Waals surface area (Å²) in [6.07, 6.45) is 4.97. The SMILES string of the molecule is CCCCCC(C)(C)CNc1ccc([N+](=O)[O-])c(C)c1. The third-order valence-corrected chi connectivity index (χ3v) is 3.62. The molecular weight excluding hydrogens is 252 g/mol. The highest BCUT2D eigenvalue weighted by molar-refractivity contribution is 5.53. The van der Waals surface area contributed by atoms with E-state index in [2.05, 4.69) is 26.1 Å². The van der Waals surface area contributed by atoms with Crippen molar-refractivity contribution in [3.63, 3.8) is 0 Å². The van der Waals surface area contributed by atoms with Crippen molar-refractivity contribution < 1.29 is 4.92 Å². The molecular formula is C16H26N2O2. The van der Waals surface area contributed by atoms with E-state index < -0.39 is 0 Å². The summed E-state index contributed by atoms with van der Waals surface area (Å²) in [5, 5.41) is 14.2. The van der Waals surface area contributed by atoms with Gasteiger partial charge in [0.15, 0.2) is 0 Å². The predicted molar refractivity (Wildman–Crippen MR) is 84.2 cm³/mol. The van der Waals surface area contributed by atoms with Crippen LogP contribution in [-0.4, -0.2) is 11.5 Å². The Morgan fingerprint density at radius 1 is 1.30 bits per heavy atom. The van der Waals surface area contributed by atoms with Gasteiger partial charge >= 0.3 is 0 Å². The summed E-state index contributed by atoms with van der Waals surface area (Å²) in [5.74, 6) is 0. The Bertz CT molecular complexity index is 456. The van der Waals surface area contributed by atoms with Gasteiger partial charge in [-0.05, 0) is 30.9 Å². The van der Waals surface area contributed by atoms with Crippen LogP contribution < -0.4 is 5.32 Å². The van der Waals surface area contributed by atoms with Gasteiger partial charge in [-0.3, -0.25) is 10.1 Å². The van der Waals surface area contributed by atoms with E-state index >= 15 is 0 Å². The minimum atomic E-state index is -0.339. The normalized spacial score (nSPS) is 11.4. The number of nitrogens with one attached hydrogen (secondary N) is 1. The molecule has 4 heteroatoms. The molecule has 112 valence electrons. The van der Waals surface area contributed by atoms with Crippen molar-refractivity contribution in [1.29, 1.82) is 0 Å². The number of aryl methyl sites for hydroxylation is 1. The molecule has 1 N–H and O–H groups in total. The molecule has 0 unspecified atom stereocenters. The Kier molecular flexibility index (Phi) is 5.99. The van der Waals surface area contributed by atoms with E-state index in [1.807, 2.05) is 6.07 Å². The van der Waals surface area contributed by atoms with Crippen LogP contribution in [0, 0.1) is 22.5 Å². The second kappa shape index (κ2) is 7.27. The highest BCUT2D eigenvalue weighted by atomic mass is 16.6. The molecule has 0 bridgehead atoms. The number of anilines is 1. The summed E-state index contributed by atoms with van der Waals surface area (Å²) in [4.78, 5) is 10.4. The number of nitro groups is 1. The van der Waals surface area contributed by atoms with E-state index in [4.69, 9.17) is 0 Å². The van der Waals surface area contributed by atoms with Gasteiger partial charge in [-0.15, -0.1) is 0 Å². The highest BCUT2D eigenvalue weighted by Gasteiger charge is 2.17. The smallest absolute Gasteiger partial charge is 0.272 e. The molecule has 1 aromatic rings. The Labute approximate surface area is 121 Å². The van der Waals surface area contributed by atoms with Crippen LogP contribution in [-0.2, 0) is 0 Å². The first-order valence-corrected chi connectivity index (χ1v) is 7.34. The number of benzene rings is 1. The van der Waals surface area contributed by atoms with Crippen LogP contribution in [0.3, 0.4) is 0 Å². The molecule has 0 saturated carbocycles. The molecule has 0 radical (unpaired) electrons. The van der Waals surface area contributed by atoms with Gasteiger partial charge in [-0.1, -0.05) is 40.0 Å². The molecule has 20 heavy (non-hydrogen) atoms. The molecule has 0 amide bonds. The summed E-state index contributed by atoms with van der Waals surface area (Å²) >= 11 is 0. The predicted octanol–water partition coefficient (Wildman–Crippen LogP) is 4.92. The molecule has 0 aromatic heterocycles. The maximum Gasteiger partial charge on any atom is 0.272 e. The molecule has 0 aliphatic rings. The van der Waals surface area contributed by atoms with Crippen molar-refractivity contribution in [1.82, 2.24) is 0 Å². The summed E-state index contributed by atoms with van der Waals surface area (Å²) < 4.78 is 0. The second-order valence-corrected chi connectivity index (χ2v) is 6.23. The third kappa shape index (κ3) is 5.19. The van der Waals surface area contributed by atoms with Gasteiger partial charge in [0.2, 0.25) is 0 Å². The summed E-state index contributed by atoms with van der Waals surface area (Å²) in [7, 11) is 0. The van der Waals surface area contributed by atoms with Crippen molar-refractivity contribution in [2.24, 2.45) is 5.41 Å². The lowest BCUT2D eigenvalue weighted by molar-refractivity contribution is -0.385. The van der Waals surface area contributed by atoms with E-state index in [1.165, 1.54) is 25.7 Å². The van der Waals surface area contributed by atoms with Gasteiger partial charge < -0.3 is 5.32 Å². The Morgan fingerprint density at radius 2 is 2.00 bits per heavy atom. The quantitative estimate of drug-likeness (QED) is 0.417. The molecule has 0 aliphatic carbocycles. The number of unbranched alkanes of at least 4 members (excludes halogenated alkanes) is 2. The zero-order chi connectivity index (χ0) is 15.2. The number of hydrogen-bond acceptors (Lipinski definition) is 3. The van der Waals surface area contributed by atoms with Crippen LogP contribution in [0.1, 0.15) is 52.0 Å². The minimum Gasteiger partial charge on any atom is -0.384 e. The Morgan fingerprint density at radius 3 is 2.55 bits per heavy atom. The molecule has 4 nitrogen and oxygen atoms in total. The molecule has 0 aliphatic heterocycles. The molecule has 0 atom stereocenters. The Hall–Kier alpha value is -1.58. The van der Waals surface area contributed by atoms with Crippen molar-refractivity contribution in [3.8, 4) is 0 Å². The van der Waals surface area contributed by atoms with E-state index in [0.717, 1.165) is 12.2 Å². The number of nitro benzene ring substituents is 1. The summed E-state index contributed by atoms with van der Waals surface area (Å²) in [6, 6.07) is 5.20. The summed E-state index contributed by atoms with van der Waals surface area (Å²) in [6.45, 7) is 9.39. The molecule has 1 aromatic carbocycles. The minimum absolute atomic E-state index is 0.178. The highest BCUT2D eigenvalue weighted by Crippen LogP contribution is 2.26. The maximum absolute atomic E-state index is 10.8. The number of nitrogens with zero attached hydrogens (tertiary/aromatic N) is 1. The van der Waals surface area contributed by atoms with Crippen LogP contribution in [0.15, 0.2) is 18.2 Å². The Balaban J connectivity index is 2.57. The topological polar surface area (TPSA) is 55.2 Å². The van der Waals surface area contributed by atoms with Crippen LogP contribution in [0.25, 0.3) is 0 Å². The average Bonchev–Trinajstić information content (AvgIpc) is 2.36. The number of rotatable bonds is 8. The van der Waals surface area contributed by atoms with Gasteiger partial charge in [0.25, 0.3) is 5.69 Å². The van der Waals surface area contributed by atoms with E-state index in [1.54, 1.807) is 19.1 Å². The van der Waals surface area contributed by atoms with Crippen LogP contribution >= 0.6 is 0 Å². The maximum atomic E-state index is 10.8. The van der Waals surface area contributed by atoms with Crippen molar-refractivity contribution in [2.45, 2.75) is 53.4 Å². The number of hydrogen-bond donors (Lipinski definition) is 1. The van der Waals surface area contributed by atoms with E-state index in [-0.39, 0.29) is 16.0 Å². The van der Waals surface area contributed by atoms with Gasteiger partial charge in [0.05, 0.1) is 4.92 Å². The zero-order valence-corrected chi connectivity index (χ0v) is 13.0. The van der Waals surface area contributed by atoms with Gasteiger partial charge in [-0.2, -0.15) is 0 Å². The third-order valence-electron chi connectivity index (χ3n) is 3.62. The lowest BCUT2D eigenvalue weighted by atomic mass is 9.87. The largest absolute Gasteiger partial charge is 0.384 e. The monoisotopic (exact) mass is 278 g/mol. The summed E-state index contributed by atoms with van der Waals surface area (Å²) in [5.41, 5.74) is 2.07. The first-order valence-electron chi connectivity index (χ1n) is 7.34. The van der Waals surface area contributed by atoms with Crippen molar-refractivity contribution in [3.05, 3.63) is 33.9 Å². The lowest BCUT2D eigenvalue weighted by Crippen LogP contribution is -2.23. The van der Waals surface area contributed by atoms with Crippen LogP contribution in [0.4, 0.5) is 11.4 Å². The standard InChI is InChI=1S/C16H26N2O2/c1-5-6-7-10-16(3,4)12-17-14-8-9-15(18(19)20)13(2)11-14/h8-9,11,17H,5-7,10,12H2,1-4H3. The van der Waals surface area contributed by atoms with Gasteiger partial charge in [0.1, 0.15) is 0 Å². The van der Waals surface area contributed by atoms with Gasteiger partial charge in [-0.25, -0.2) is 0 Å². The molecule has 1 rings (SSSR count). The van der Waals surface area contributed by atoms with Crippen LogP contribution in [0.5, 0.6) is 0 Å². The van der Waals surface area contributed by atoms with Crippen molar-refractivity contribution >= 4 is 11.4 Å². The van der Waals surface area contributed by atoms with E-state index in [0.29, 0.717) is 5.56 Å². The first-order chi connectivity index (χ1) is 9.35. The second-order valence-electron chi connectivity index (χ2n) is 6.23. The zero-order valence-electron chi connectivity index (χ0n) is 13.0. The molecule has 0 saturated heterocycles. The van der Waals surface area contributed by atoms with Crippen LogP contribution in [0.2, 0.25) is 0 Å². The van der Waals surface area contributed by atoms with E-state index in [9.17, 15) is 10.1 Å². The van der Waals surface area contributed by atoms with Gasteiger partial charge in [0, 0.05) is 23.9 Å². The molecule has 0 spiro atoms. The average molecular weight is 278 g/mol. The molecule has 0 heterocycles. The fourth-order valence-electron chi connectivity index (χ4n) is 2.25. The fourth-order valence-corrected chi connectivity index (χ4v) is 2.25. The first kappa shape index (κ1) is 16.5. The van der Waals surface area contributed by atoms with Crippen molar-refractivity contribution in [2.75, 3.05) is 11.9 Å².